The number of methoxy groups -OCH3 is 1. The Hall–Kier alpha value is -5.16. The average molecular weight is 601 g/mol. The van der Waals surface area contributed by atoms with Crippen molar-refractivity contribution in [3.63, 3.8) is 0 Å². The summed E-state index contributed by atoms with van der Waals surface area (Å²) < 4.78 is 38.9. The lowest BCUT2D eigenvalue weighted by atomic mass is 10.1. The Bertz CT molecular complexity index is 1710. The third-order valence-corrected chi connectivity index (χ3v) is 8.05. The van der Waals surface area contributed by atoms with E-state index in [1.54, 1.807) is 85.8 Å². The first-order valence-corrected chi connectivity index (χ1v) is 14.7. The number of ether oxygens (including phenoxy) is 2. The fourth-order valence-electron chi connectivity index (χ4n) is 4.18. The van der Waals surface area contributed by atoms with Crippen molar-refractivity contribution in [2.24, 2.45) is 5.10 Å². The van der Waals surface area contributed by atoms with Crippen molar-refractivity contribution >= 4 is 39.4 Å². The van der Waals surface area contributed by atoms with Crippen LogP contribution in [0.2, 0.25) is 0 Å². The molecule has 4 aromatic carbocycles. The summed E-state index contributed by atoms with van der Waals surface area (Å²) >= 11 is 0. The van der Waals surface area contributed by atoms with Gasteiger partial charge in [0.05, 0.1) is 29.6 Å². The fraction of sp³-hybridized carbons (Fsp3) is 0.156. The molecule has 0 saturated carbocycles. The Morgan fingerprint density at radius 1 is 0.884 bits per heavy atom. The number of carbonyl (C=O) groups excluding carboxylic acids is 2. The van der Waals surface area contributed by atoms with Crippen molar-refractivity contribution in [1.29, 1.82) is 0 Å². The second-order valence-electron chi connectivity index (χ2n) is 9.51. The summed E-state index contributed by atoms with van der Waals surface area (Å²) in [7, 11) is -2.50. The molecule has 0 aliphatic rings. The molecule has 222 valence electrons. The topological polar surface area (TPSA) is 126 Å². The molecule has 4 aromatic rings. The van der Waals surface area contributed by atoms with E-state index in [0.29, 0.717) is 28.4 Å². The first-order valence-electron chi connectivity index (χ1n) is 13.3. The zero-order valence-corrected chi connectivity index (χ0v) is 24.8. The van der Waals surface area contributed by atoms with E-state index < -0.39 is 22.5 Å². The second-order valence-corrected chi connectivity index (χ2v) is 11.4. The molecule has 10 nitrogen and oxygen atoms in total. The van der Waals surface area contributed by atoms with Gasteiger partial charge in [0.25, 0.3) is 21.8 Å². The molecule has 0 atom stereocenters. The first-order chi connectivity index (χ1) is 20.7. The fourth-order valence-corrected chi connectivity index (χ4v) is 5.69. The van der Waals surface area contributed by atoms with Crippen LogP contribution in [0.5, 0.6) is 11.5 Å². The van der Waals surface area contributed by atoms with E-state index in [1.807, 2.05) is 13.0 Å². The summed E-state index contributed by atoms with van der Waals surface area (Å²) in [6.07, 6.45) is 1.42. The van der Waals surface area contributed by atoms with Crippen molar-refractivity contribution in [3.8, 4) is 11.5 Å². The molecule has 2 amide bonds. The Morgan fingerprint density at radius 3 is 2.28 bits per heavy atom. The minimum atomic E-state index is -4.03. The number of sulfonamides is 1. The van der Waals surface area contributed by atoms with Crippen molar-refractivity contribution in [3.05, 3.63) is 114 Å². The highest BCUT2D eigenvalue weighted by Gasteiger charge is 2.28. The third kappa shape index (κ3) is 8.20. The maximum Gasteiger partial charge on any atom is 0.264 e. The number of aryl methyl sites for hydroxylation is 2. The molecule has 0 spiro atoms. The normalized spacial score (nSPS) is 11.1. The molecule has 11 heteroatoms. The van der Waals surface area contributed by atoms with Gasteiger partial charge in [0, 0.05) is 0 Å². The highest BCUT2D eigenvalue weighted by Crippen LogP contribution is 2.27. The number of hydrogen-bond acceptors (Lipinski definition) is 7. The summed E-state index contributed by atoms with van der Waals surface area (Å²) in [4.78, 5) is 25.2. The van der Waals surface area contributed by atoms with Gasteiger partial charge in [-0.15, -0.1) is 0 Å². The quantitative estimate of drug-likeness (QED) is 0.180. The summed E-state index contributed by atoms with van der Waals surface area (Å²) in [5.41, 5.74) is 5.69. The molecule has 0 aliphatic carbocycles. The Balaban J connectivity index is 1.36. The molecule has 0 bridgehead atoms. The van der Waals surface area contributed by atoms with E-state index in [1.165, 1.54) is 25.5 Å². The second kappa shape index (κ2) is 14.1. The van der Waals surface area contributed by atoms with Gasteiger partial charge in [0.2, 0.25) is 0 Å². The number of rotatable bonds is 12. The summed E-state index contributed by atoms with van der Waals surface area (Å²) in [5.74, 6) is 0.0488. The van der Waals surface area contributed by atoms with E-state index >= 15 is 0 Å². The van der Waals surface area contributed by atoms with Gasteiger partial charge in [0.1, 0.15) is 18.0 Å². The van der Waals surface area contributed by atoms with Crippen molar-refractivity contribution in [2.75, 3.05) is 29.9 Å². The smallest absolute Gasteiger partial charge is 0.264 e. The summed E-state index contributed by atoms with van der Waals surface area (Å²) in [5, 5.41) is 6.72. The molecular formula is C32H32N4O6S. The van der Waals surface area contributed by atoms with E-state index in [-0.39, 0.29) is 17.4 Å². The van der Waals surface area contributed by atoms with Crippen LogP contribution in [0.15, 0.2) is 107 Å². The van der Waals surface area contributed by atoms with Crippen LogP contribution in [-0.4, -0.2) is 46.7 Å². The lowest BCUT2D eigenvalue weighted by Gasteiger charge is -2.25. The van der Waals surface area contributed by atoms with Crippen LogP contribution in [0.1, 0.15) is 16.7 Å². The van der Waals surface area contributed by atoms with Crippen LogP contribution >= 0.6 is 0 Å². The molecule has 0 saturated heterocycles. The molecule has 0 unspecified atom stereocenters. The highest BCUT2D eigenvalue weighted by atomic mass is 32.2. The van der Waals surface area contributed by atoms with E-state index in [9.17, 15) is 18.0 Å². The zero-order chi connectivity index (χ0) is 30.8. The van der Waals surface area contributed by atoms with Crippen LogP contribution < -0.4 is 24.5 Å². The predicted molar refractivity (Wildman–Crippen MR) is 166 cm³/mol. The predicted octanol–water partition coefficient (Wildman–Crippen LogP) is 4.68. The molecule has 43 heavy (non-hydrogen) atoms. The van der Waals surface area contributed by atoms with E-state index in [2.05, 4.69) is 15.8 Å². The minimum absolute atomic E-state index is 0.0749. The van der Waals surface area contributed by atoms with Gasteiger partial charge in [-0.05, 0) is 79.6 Å². The molecule has 0 heterocycles. The monoisotopic (exact) mass is 600 g/mol. The molecule has 0 radical (unpaired) electrons. The van der Waals surface area contributed by atoms with Crippen LogP contribution in [0.25, 0.3) is 0 Å². The van der Waals surface area contributed by atoms with Gasteiger partial charge in [0.15, 0.2) is 6.61 Å². The average Bonchev–Trinajstić information content (AvgIpc) is 3.00. The van der Waals surface area contributed by atoms with Gasteiger partial charge < -0.3 is 14.8 Å². The molecular weight excluding hydrogens is 568 g/mol. The van der Waals surface area contributed by atoms with E-state index in [4.69, 9.17) is 9.47 Å². The molecule has 4 rings (SSSR count). The Morgan fingerprint density at radius 2 is 1.58 bits per heavy atom. The standard InChI is InChI=1S/C32H32N4O6S/c1-23-13-18-29(24(2)19-23)36(43(39,40)27-9-5-4-6-10-27)21-31(37)35-33-20-25-14-16-26(17-15-25)42-22-32(38)34-28-11-7-8-12-30(28)41-3/h4-20H,21-22H2,1-3H3,(H,34,38)(H,35,37)/b33-20-. The van der Waals surface area contributed by atoms with Gasteiger partial charge in [-0.25, -0.2) is 13.8 Å². The minimum Gasteiger partial charge on any atom is -0.495 e. The number of nitrogens with one attached hydrogen (secondary N) is 2. The lowest BCUT2D eigenvalue weighted by Crippen LogP contribution is -2.40. The van der Waals surface area contributed by atoms with Crippen LogP contribution in [0.3, 0.4) is 0 Å². The molecule has 0 aromatic heterocycles. The number of benzene rings is 4. The SMILES string of the molecule is COc1ccccc1NC(=O)COc1ccc(/C=N\NC(=O)CN(c2ccc(C)cc2C)S(=O)(=O)c2ccccc2)cc1. The van der Waals surface area contributed by atoms with Crippen LogP contribution in [0.4, 0.5) is 11.4 Å². The maximum atomic E-state index is 13.5. The largest absolute Gasteiger partial charge is 0.495 e. The highest BCUT2D eigenvalue weighted by molar-refractivity contribution is 7.92. The third-order valence-electron chi connectivity index (χ3n) is 6.27. The summed E-state index contributed by atoms with van der Waals surface area (Å²) in [6, 6.07) is 27.1. The number of amides is 2. The Labute approximate surface area is 251 Å². The number of hydrogen-bond donors (Lipinski definition) is 2. The number of anilines is 2. The number of nitrogens with zero attached hydrogens (tertiary/aromatic N) is 2. The lowest BCUT2D eigenvalue weighted by molar-refractivity contribution is -0.119. The van der Waals surface area contributed by atoms with Crippen LogP contribution in [-0.2, 0) is 19.6 Å². The number of para-hydroxylation sites is 2. The number of hydrazone groups is 1. The van der Waals surface area contributed by atoms with Gasteiger partial charge >= 0.3 is 0 Å². The van der Waals surface area contributed by atoms with Crippen LogP contribution in [0, 0.1) is 13.8 Å². The Kier molecular flexibility index (Phi) is 10.1. The molecule has 0 fully saturated rings. The molecule has 0 aliphatic heterocycles. The molecule has 2 N–H and O–H groups in total. The maximum absolute atomic E-state index is 13.5. The van der Waals surface area contributed by atoms with Gasteiger partial charge in [-0.3, -0.25) is 13.9 Å². The number of carbonyl (C=O) groups is 2. The van der Waals surface area contributed by atoms with E-state index in [0.717, 1.165) is 15.4 Å². The van der Waals surface area contributed by atoms with Crippen molar-refractivity contribution in [2.45, 2.75) is 18.7 Å². The van der Waals surface area contributed by atoms with Gasteiger partial charge in [-0.1, -0.05) is 48.0 Å². The van der Waals surface area contributed by atoms with Crippen molar-refractivity contribution in [1.82, 2.24) is 5.43 Å². The first kappa shape index (κ1) is 30.8. The summed E-state index contributed by atoms with van der Waals surface area (Å²) in [6.45, 7) is 3.03. The zero-order valence-electron chi connectivity index (χ0n) is 24.0. The van der Waals surface area contributed by atoms with Gasteiger partial charge in [-0.2, -0.15) is 5.10 Å². The van der Waals surface area contributed by atoms with Crippen molar-refractivity contribution < 1.29 is 27.5 Å².